The van der Waals surface area contributed by atoms with Gasteiger partial charge >= 0.3 is 26.2 Å². The first kappa shape index (κ1) is 15.1. The fraction of sp³-hybridized carbons (Fsp3) is 0.167. The summed E-state index contributed by atoms with van der Waals surface area (Å²) in [6.45, 7) is 6.00. The first-order chi connectivity index (χ1) is 6.00. The molecule has 1 heteroatoms. The molecule has 0 heterocycles. The van der Waals surface area contributed by atoms with E-state index in [1.54, 1.807) is 0 Å². The van der Waals surface area contributed by atoms with Gasteiger partial charge < -0.3 is 2.85 Å². The molecule has 0 aliphatic heterocycles. The standard InChI is InChI=1S/2C5H5.C2H4.Zr.2H/c2*1-2-4-5-3-1;1-2;;;/h2*1-3H,4H2;1-2H2;;;/q2*-1;;+4;2*-1. The van der Waals surface area contributed by atoms with Gasteiger partial charge in [0.15, 0.2) is 0 Å². The Balaban J connectivity index is -0.0000000592. The monoisotopic (exact) mass is 250 g/mol. The minimum atomic E-state index is 0. The Bertz CT molecular complexity index is 164. The van der Waals surface area contributed by atoms with Crippen molar-refractivity contribution < 1.29 is 29.1 Å². The molecule has 0 aromatic carbocycles. The molecule has 13 heavy (non-hydrogen) atoms. The van der Waals surface area contributed by atoms with Crippen molar-refractivity contribution in [3.63, 3.8) is 0 Å². The second-order valence-electron chi connectivity index (χ2n) is 2.01. The molecule has 0 atom stereocenters. The molecule has 2 rings (SSSR count). The Morgan fingerprint density at radius 1 is 0.923 bits per heavy atom. The van der Waals surface area contributed by atoms with Crippen LogP contribution in [-0.4, -0.2) is 0 Å². The Morgan fingerprint density at radius 3 is 1.38 bits per heavy atom. The van der Waals surface area contributed by atoms with Crippen molar-refractivity contribution in [1.82, 2.24) is 0 Å². The molecule has 0 radical (unpaired) electrons. The second kappa shape index (κ2) is 14.1. The molecule has 0 saturated heterocycles. The van der Waals surface area contributed by atoms with Crippen LogP contribution < -0.4 is 0 Å². The molecule has 0 unspecified atom stereocenters. The van der Waals surface area contributed by atoms with Crippen molar-refractivity contribution in [2.24, 2.45) is 0 Å². The third-order valence-electron chi connectivity index (χ3n) is 1.17. The van der Waals surface area contributed by atoms with E-state index in [0.29, 0.717) is 0 Å². The molecule has 0 bridgehead atoms. The molecule has 0 fully saturated rings. The van der Waals surface area contributed by atoms with Gasteiger partial charge in [-0.15, -0.1) is 26.0 Å². The van der Waals surface area contributed by atoms with Gasteiger partial charge in [-0.1, -0.05) is 0 Å². The van der Waals surface area contributed by atoms with Gasteiger partial charge in [0, 0.05) is 0 Å². The fourth-order valence-corrected chi connectivity index (χ4v) is 0.680. The van der Waals surface area contributed by atoms with Gasteiger partial charge in [-0.25, -0.2) is 24.3 Å². The molecule has 68 valence electrons. The van der Waals surface area contributed by atoms with Gasteiger partial charge in [0.05, 0.1) is 0 Å². The van der Waals surface area contributed by atoms with Crippen LogP contribution in [0.1, 0.15) is 15.7 Å². The average Bonchev–Trinajstić information content (AvgIpc) is 2.87. The van der Waals surface area contributed by atoms with E-state index in [-0.39, 0.29) is 29.1 Å². The summed E-state index contributed by atoms with van der Waals surface area (Å²) in [4.78, 5) is 0. The van der Waals surface area contributed by atoms with Crippen molar-refractivity contribution in [2.45, 2.75) is 12.8 Å². The van der Waals surface area contributed by atoms with E-state index >= 15 is 0 Å². The maximum absolute atomic E-state index is 3.00. The van der Waals surface area contributed by atoms with E-state index in [4.69, 9.17) is 0 Å². The maximum Gasteiger partial charge on any atom is 4.00 e. The largest absolute Gasteiger partial charge is 4.00 e. The van der Waals surface area contributed by atoms with E-state index in [2.05, 4.69) is 37.5 Å². The third-order valence-corrected chi connectivity index (χ3v) is 1.17. The molecule has 2 aliphatic rings. The first-order valence-electron chi connectivity index (χ1n) is 3.93. The predicted octanol–water partition coefficient (Wildman–Crippen LogP) is 3.64. The molecule has 0 amide bonds. The Hall–Kier alpha value is -0.417. The van der Waals surface area contributed by atoms with E-state index in [1.165, 1.54) is 0 Å². The van der Waals surface area contributed by atoms with Gasteiger partial charge in [-0.05, 0) is 0 Å². The minimum Gasteiger partial charge on any atom is -1.00 e. The molecule has 0 saturated carbocycles. The Labute approximate surface area is 104 Å². The van der Waals surface area contributed by atoms with E-state index in [9.17, 15) is 0 Å². The zero-order valence-electron chi connectivity index (χ0n) is 9.79. The van der Waals surface area contributed by atoms with Crippen molar-refractivity contribution in [3.05, 3.63) is 61.8 Å². The number of hydrogen-bond donors (Lipinski definition) is 0. The van der Waals surface area contributed by atoms with Crippen LogP contribution in [0, 0.1) is 12.2 Å². The molecule has 0 nitrogen and oxygen atoms in total. The maximum atomic E-state index is 3.00. The Morgan fingerprint density at radius 2 is 1.31 bits per heavy atom. The summed E-state index contributed by atoms with van der Waals surface area (Å²) in [5.74, 6) is 0. The van der Waals surface area contributed by atoms with E-state index < -0.39 is 0 Å². The van der Waals surface area contributed by atoms with Crippen molar-refractivity contribution in [1.29, 1.82) is 0 Å². The summed E-state index contributed by atoms with van der Waals surface area (Å²) in [7, 11) is 0. The van der Waals surface area contributed by atoms with Gasteiger partial charge in [0.25, 0.3) is 0 Å². The number of allylic oxidation sites excluding steroid dienone is 8. The molecule has 0 aromatic heterocycles. The summed E-state index contributed by atoms with van der Waals surface area (Å²) in [6.07, 6.45) is 20.0. The van der Waals surface area contributed by atoms with Gasteiger partial charge in [0.1, 0.15) is 0 Å². The van der Waals surface area contributed by atoms with Crippen LogP contribution in [0.2, 0.25) is 0 Å². The number of rotatable bonds is 0. The zero-order valence-corrected chi connectivity index (χ0v) is 10.3. The van der Waals surface area contributed by atoms with Crippen molar-refractivity contribution in [3.8, 4) is 0 Å². The van der Waals surface area contributed by atoms with Crippen LogP contribution in [-0.2, 0) is 26.2 Å². The molecule has 2 aliphatic carbocycles. The molecule has 0 spiro atoms. The molecular weight excluding hydrogens is 235 g/mol. The van der Waals surface area contributed by atoms with Gasteiger partial charge in [-0.3, -0.25) is 12.2 Å². The summed E-state index contributed by atoms with van der Waals surface area (Å²) >= 11 is 0. The van der Waals surface area contributed by atoms with Crippen LogP contribution in [0.15, 0.2) is 49.6 Å². The van der Waals surface area contributed by atoms with Gasteiger partial charge in [-0.2, -0.15) is 12.2 Å². The van der Waals surface area contributed by atoms with Crippen molar-refractivity contribution >= 4 is 0 Å². The van der Waals surface area contributed by atoms with Crippen LogP contribution in [0.5, 0.6) is 0 Å². The van der Waals surface area contributed by atoms with Crippen LogP contribution in [0.4, 0.5) is 0 Å². The minimum absolute atomic E-state index is 0. The first-order valence-corrected chi connectivity index (χ1v) is 3.93. The number of hydrogen-bond acceptors (Lipinski definition) is 0. The molecule has 0 aromatic rings. The summed E-state index contributed by atoms with van der Waals surface area (Å²) < 4.78 is 0. The van der Waals surface area contributed by atoms with E-state index in [1.807, 2.05) is 24.3 Å². The van der Waals surface area contributed by atoms with Crippen LogP contribution >= 0.6 is 0 Å². The fourth-order valence-electron chi connectivity index (χ4n) is 0.680. The molecule has 0 N–H and O–H groups in total. The Kier molecular flexibility index (Phi) is 16.4. The smallest absolute Gasteiger partial charge is 1.00 e. The summed E-state index contributed by atoms with van der Waals surface area (Å²) in [6, 6.07) is 0. The predicted molar refractivity (Wildman–Crippen MR) is 56.6 cm³/mol. The second-order valence-corrected chi connectivity index (χ2v) is 2.01. The third kappa shape index (κ3) is 11.6. The topological polar surface area (TPSA) is 0 Å². The quantitative estimate of drug-likeness (QED) is 0.455. The van der Waals surface area contributed by atoms with Crippen molar-refractivity contribution in [2.75, 3.05) is 0 Å². The summed E-state index contributed by atoms with van der Waals surface area (Å²) in [5.41, 5.74) is 0. The zero-order chi connectivity index (χ0) is 9.07. The van der Waals surface area contributed by atoms with E-state index in [0.717, 1.165) is 12.8 Å². The normalized spacial score (nSPS) is 13.8. The average molecular weight is 251 g/mol. The van der Waals surface area contributed by atoms with Crippen LogP contribution in [0.25, 0.3) is 0 Å². The molecular formula is C12H16Zr. The summed E-state index contributed by atoms with van der Waals surface area (Å²) in [5, 5.41) is 0. The van der Waals surface area contributed by atoms with Crippen LogP contribution in [0.3, 0.4) is 0 Å². The van der Waals surface area contributed by atoms with Gasteiger partial charge in [0.2, 0.25) is 0 Å². The SMILES string of the molecule is C=C.[C-]1=CC=CC1.[C-]1=CC=CC1.[H-].[H-].[Zr+4].